The van der Waals surface area contributed by atoms with Gasteiger partial charge in [0.2, 0.25) is 0 Å². The predicted molar refractivity (Wildman–Crippen MR) is 70.1 cm³/mol. The number of aromatic nitrogens is 2. The highest BCUT2D eigenvalue weighted by Gasteiger charge is 2.15. The largest absolute Gasteiger partial charge is 0.393 e. The molecule has 0 aliphatic carbocycles. The summed E-state index contributed by atoms with van der Waals surface area (Å²) in [5, 5.41) is 20.1. The van der Waals surface area contributed by atoms with Gasteiger partial charge in [-0.25, -0.2) is 4.79 Å². The maximum Gasteiger partial charge on any atom is 0.328 e. The van der Waals surface area contributed by atoms with Gasteiger partial charge in [-0.1, -0.05) is 0 Å². The topological polar surface area (TPSA) is 90.3 Å². The first kappa shape index (κ1) is 13.3. The highest BCUT2D eigenvalue weighted by Crippen LogP contribution is 2.20. The van der Waals surface area contributed by atoms with Crippen molar-refractivity contribution in [3.05, 3.63) is 38.8 Å². The van der Waals surface area contributed by atoms with Crippen molar-refractivity contribution in [1.29, 1.82) is 0 Å². The molecular weight excluding hydrogens is 250 g/mol. The number of benzene rings is 1. The van der Waals surface area contributed by atoms with E-state index < -0.39 is 11.0 Å². The minimum absolute atomic E-state index is 0.0519. The van der Waals surface area contributed by atoms with E-state index in [1.807, 2.05) is 0 Å². The average Bonchev–Trinajstić information content (AvgIpc) is 2.59. The number of aliphatic hydroxyl groups is 1. The summed E-state index contributed by atoms with van der Waals surface area (Å²) >= 11 is 0. The number of nitro groups is 1. The molecule has 1 N–H and O–H groups in total. The second kappa shape index (κ2) is 4.85. The van der Waals surface area contributed by atoms with Crippen molar-refractivity contribution in [2.24, 2.45) is 7.05 Å². The fourth-order valence-electron chi connectivity index (χ4n) is 2.04. The van der Waals surface area contributed by atoms with E-state index in [0.29, 0.717) is 24.0 Å². The van der Waals surface area contributed by atoms with Gasteiger partial charge < -0.3 is 5.11 Å². The summed E-state index contributed by atoms with van der Waals surface area (Å²) in [6.45, 7) is 1.97. The SMILES string of the molecule is CC(O)CCn1c(=O)n(C)c2ccc([N+](=O)[O-])cc21. The van der Waals surface area contributed by atoms with Crippen molar-refractivity contribution >= 4 is 16.7 Å². The monoisotopic (exact) mass is 265 g/mol. The van der Waals surface area contributed by atoms with E-state index in [1.54, 1.807) is 20.0 Å². The van der Waals surface area contributed by atoms with Crippen LogP contribution in [0, 0.1) is 10.1 Å². The Morgan fingerprint density at radius 2 is 2.11 bits per heavy atom. The molecule has 0 aliphatic rings. The molecule has 2 aromatic rings. The molecule has 0 spiro atoms. The molecule has 19 heavy (non-hydrogen) atoms. The third kappa shape index (κ3) is 2.37. The third-order valence-electron chi connectivity index (χ3n) is 3.11. The molecule has 102 valence electrons. The Balaban J connectivity index is 2.60. The Kier molecular flexibility index (Phi) is 3.39. The van der Waals surface area contributed by atoms with Gasteiger partial charge in [0.25, 0.3) is 5.69 Å². The van der Waals surface area contributed by atoms with Crippen LogP contribution in [0.15, 0.2) is 23.0 Å². The lowest BCUT2D eigenvalue weighted by atomic mass is 10.2. The Hall–Kier alpha value is -2.15. The van der Waals surface area contributed by atoms with Gasteiger partial charge in [-0.15, -0.1) is 0 Å². The van der Waals surface area contributed by atoms with Crippen molar-refractivity contribution in [3.63, 3.8) is 0 Å². The predicted octanol–water partition coefficient (Wildman–Crippen LogP) is 1.02. The Labute approximate surface area is 108 Å². The molecule has 7 heteroatoms. The first-order valence-corrected chi connectivity index (χ1v) is 5.93. The van der Waals surface area contributed by atoms with E-state index in [2.05, 4.69) is 0 Å². The van der Waals surface area contributed by atoms with Crippen LogP contribution in [0.25, 0.3) is 11.0 Å². The Morgan fingerprint density at radius 1 is 1.42 bits per heavy atom. The molecule has 0 aliphatic heterocycles. The van der Waals surface area contributed by atoms with Gasteiger partial charge in [0.1, 0.15) is 0 Å². The van der Waals surface area contributed by atoms with Crippen molar-refractivity contribution in [2.75, 3.05) is 0 Å². The molecule has 0 saturated heterocycles. The minimum Gasteiger partial charge on any atom is -0.393 e. The summed E-state index contributed by atoms with van der Waals surface area (Å²) in [6, 6.07) is 4.33. The van der Waals surface area contributed by atoms with E-state index >= 15 is 0 Å². The molecule has 1 unspecified atom stereocenters. The molecule has 0 amide bonds. The Bertz CT molecular complexity index is 684. The molecule has 0 fully saturated rings. The summed E-state index contributed by atoms with van der Waals surface area (Å²) in [4.78, 5) is 22.4. The number of aryl methyl sites for hydroxylation is 2. The van der Waals surface area contributed by atoms with Crippen molar-refractivity contribution in [2.45, 2.75) is 26.0 Å². The van der Waals surface area contributed by atoms with Crippen molar-refractivity contribution in [3.8, 4) is 0 Å². The number of nitro benzene ring substituents is 1. The number of non-ortho nitro benzene ring substituents is 1. The van der Waals surface area contributed by atoms with Crippen LogP contribution < -0.4 is 5.69 Å². The fraction of sp³-hybridized carbons (Fsp3) is 0.417. The molecule has 0 radical (unpaired) electrons. The number of nitrogens with zero attached hydrogens (tertiary/aromatic N) is 3. The van der Waals surface area contributed by atoms with Gasteiger partial charge in [-0.3, -0.25) is 19.2 Å². The molecule has 1 atom stereocenters. The maximum atomic E-state index is 12.1. The zero-order valence-electron chi connectivity index (χ0n) is 10.7. The van der Waals surface area contributed by atoms with Gasteiger partial charge in [0, 0.05) is 25.7 Å². The number of hydrogen-bond donors (Lipinski definition) is 1. The second-order valence-electron chi connectivity index (χ2n) is 4.56. The van der Waals surface area contributed by atoms with E-state index in [1.165, 1.54) is 21.3 Å². The molecule has 1 aromatic carbocycles. The van der Waals surface area contributed by atoms with Crippen LogP contribution in [0.5, 0.6) is 0 Å². The molecular formula is C12H15N3O4. The first-order chi connectivity index (χ1) is 8.91. The summed E-state index contributed by atoms with van der Waals surface area (Å²) in [7, 11) is 1.62. The van der Waals surface area contributed by atoms with Crippen LogP contribution in [0.3, 0.4) is 0 Å². The highest BCUT2D eigenvalue weighted by atomic mass is 16.6. The standard InChI is InChI=1S/C12H15N3O4/c1-8(16)5-6-14-11-7-9(15(18)19)3-4-10(11)13(2)12(14)17/h3-4,7-8,16H,5-6H2,1-2H3. The van der Waals surface area contributed by atoms with E-state index in [0.717, 1.165) is 0 Å². The zero-order chi connectivity index (χ0) is 14.2. The quantitative estimate of drug-likeness (QED) is 0.660. The fourth-order valence-corrected chi connectivity index (χ4v) is 2.04. The van der Waals surface area contributed by atoms with Crippen molar-refractivity contribution < 1.29 is 10.0 Å². The Morgan fingerprint density at radius 3 is 2.68 bits per heavy atom. The number of hydrogen-bond acceptors (Lipinski definition) is 4. The lowest BCUT2D eigenvalue weighted by Gasteiger charge is -2.05. The van der Waals surface area contributed by atoms with E-state index in [-0.39, 0.29) is 11.4 Å². The maximum absolute atomic E-state index is 12.1. The third-order valence-corrected chi connectivity index (χ3v) is 3.11. The molecule has 0 bridgehead atoms. The molecule has 1 heterocycles. The number of aliphatic hydroxyl groups excluding tert-OH is 1. The van der Waals surface area contributed by atoms with Gasteiger partial charge in [-0.05, 0) is 19.4 Å². The normalized spacial score (nSPS) is 12.8. The van der Waals surface area contributed by atoms with Gasteiger partial charge in [0.05, 0.1) is 22.1 Å². The first-order valence-electron chi connectivity index (χ1n) is 5.93. The van der Waals surface area contributed by atoms with Crippen LogP contribution in [0.4, 0.5) is 5.69 Å². The number of imidazole rings is 1. The minimum atomic E-state index is -0.527. The van der Waals surface area contributed by atoms with Crippen LogP contribution in [-0.4, -0.2) is 25.3 Å². The lowest BCUT2D eigenvalue weighted by Crippen LogP contribution is -2.23. The molecule has 2 rings (SSSR count). The van der Waals surface area contributed by atoms with Gasteiger partial charge in [-0.2, -0.15) is 0 Å². The number of fused-ring (bicyclic) bond motifs is 1. The van der Waals surface area contributed by atoms with Crippen LogP contribution in [-0.2, 0) is 13.6 Å². The highest BCUT2D eigenvalue weighted by molar-refractivity contribution is 5.78. The summed E-state index contributed by atoms with van der Waals surface area (Å²) in [5.41, 5.74) is 0.864. The average molecular weight is 265 g/mol. The smallest absolute Gasteiger partial charge is 0.328 e. The van der Waals surface area contributed by atoms with Gasteiger partial charge >= 0.3 is 5.69 Å². The lowest BCUT2D eigenvalue weighted by molar-refractivity contribution is -0.384. The van der Waals surface area contributed by atoms with E-state index in [4.69, 9.17) is 0 Å². The van der Waals surface area contributed by atoms with Crippen LogP contribution in [0.2, 0.25) is 0 Å². The van der Waals surface area contributed by atoms with Crippen LogP contribution >= 0.6 is 0 Å². The molecule has 1 aromatic heterocycles. The summed E-state index contributed by atoms with van der Waals surface area (Å²) < 4.78 is 2.90. The van der Waals surface area contributed by atoms with Gasteiger partial charge in [0.15, 0.2) is 0 Å². The number of rotatable bonds is 4. The molecule has 7 nitrogen and oxygen atoms in total. The zero-order valence-corrected chi connectivity index (χ0v) is 10.7. The second-order valence-corrected chi connectivity index (χ2v) is 4.56. The molecule has 0 saturated carbocycles. The van der Waals surface area contributed by atoms with Crippen LogP contribution in [0.1, 0.15) is 13.3 Å². The summed E-state index contributed by atoms with van der Waals surface area (Å²) in [6.07, 6.45) is -0.109. The van der Waals surface area contributed by atoms with E-state index in [9.17, 15) is 20.0 Å². The summed E-state index contributed by atoms with van der Waals surface area (Å²) in [5.74, 6) is 0. The van der Waals surface area contributed by atoms with Crippen molar-refractivity contribution in [1.82, 2.24) is 9.13 Å².